The first-order valence-electron chi connectivity index (χ1n) is 6.68. The monoisotopic (exact) mass is 353 g/mol. The number of benzene rings is 1. The first kappa shape index (κ1) is 16.3. The first-order valence-corrected chi connectivity index (χ1v) is 7.50. The molecule has 0 saturated carbocycles. The first-order chi connectivity index (χ1) is 11.3. The smallest absolute Gasteiger partial charge is 0.422 e. The van der Waals surface area contributed by atoms with Crippen LogP contribution < -0.4 is 10.5 Å². The van der Waals surface area contributed by atoms with E-state index in [4.69, 9.17) is 10.5 Å². The van der Waals surface area contributed by atoms with Gasteiger partial charge in [-0.25, -0.2) is 0 Å². The molecule has 0 radical (unpaired) electrons. The van der Waals surface area contributed by atoms with Crippen molar-refractivity contribution in [3.8, 4) is 5.75 Å². The van der Waals surface area contributed by atoms with Gasteiger partial charge < -0.3 is 10.5 Å². The van der Waals surface area contributed by atoms with Gasteiger partial charge >= 0.3 is 6.18 Å². The van der Waals surface area contributed by atoms with Crippen molar-refractivity contribution in [3.63, 3.8) is 0 Å². The van der Waals surface area contributed by atoms with Gasteiger partial charge in [-0.3, -0.25) is 9.78 Å². The maximum atomic E-state index is 12.4. The molecule has 0 atom stereocenters. The Hall–Kier alpha value is -2.55. The molecule has 2 N–H and O–H groups in total. The topological polar surface area (TPSA) is 77.6 Å². The van der Waals surface area contributed by atoms with Gasteiger partial charge in [-0.05, 0) is 41.6 Å². The zero-order chi connectivity index (χ0) is 17.3. The van der Waals surface area contributed by atoms with Crippen LogP contribution in [0.1, 0.15) is 5.56 Å². The van der Waals surface area contributed by atoms with Crippen LogP contribution in [0.15, 0.2) is 40.4 Å². The third-order valence-corrected chi connectivity index (χ3v) is 3.86. The van der Waals surface area contributed by atoms with Crippen molar-refractivity contribution in [1.29, 1.82) is 0 Å². The SMILES string of the molecule is NC1=NC(=O)/C(=C\c2ccc3nccc(OCC(F)(F)F)c3c2)S1. The van der Waals surface area contributed by atoms with Gasteiger partial charge in [-0.2, -0.15) is 18.2 Å². The summed E-state index contributed by atoms with van der Waals surface area (Å²) in [6.45, 7) is -1.39. The molecular weight excluding hydrogens is 343 g/mol. The fourth-order valence-corrected chi connectivity index (χ4v) is 2.77. The molecule has 0 aliphatic carbocycles. The largest absolute Gasteiger partial charge is 0.483 e. The number of aliphatic imine (C=N–C) groups is 1. The quantitative estimate of drug-likeness (QED) is 0.858. The number of nitrogens with zero attached hydrogens (tertiary/aromatic N) is 2. The number of rotatable bonds is 3. The number of ether oxygens (including phenoxy) is 1. The Morgan fingerprint density at radius 1 is 1.29 bits per heavy atom. The number of thioether (sulfide) groups is 1. The molecule has 5 nitrogen and oxygen atoms in total. The normalized spacial score (nSPS) is 16.7. The summed E-state index contributed by atoms with van der Waals surface area (Å²) in [6, 6.07) is 6.29. The molecule has 0 unspecified atom stereocenters. The van der Waals surface area contributed by atoms with Crippen LogP contribution in [0.4, 0.5) is 13.2 Å². The summed E-state index contributed by atoms with van der Waals surface area (Å²) in [5, 5.41) is 0.573. The van der Waals surface area contributed by atoms with Gasteiger partial charge in [-0.15, -0.1) is 0 Å². The number of nitrogens with two attached hydrogens (primary N) is 1. The lowest BCUT2D eigenvalue weighted by Crippen LogP contribution is -2.19. The molecule has 0 bridgehead atoms. The molecule has 0 saturated heterocycles. The molecule has 0 spiro atoms. The standard InChI is InChI=1S/C15H10F3N3O2S/c16-15(17,18)7-23-11-3-4-20-10-2-1-8(5-9(10)11)6-12-13(22)21-14(19)24-12/h1-6H,7H2,(H2,19,21,22)/b12-6+. The number of hydrogen-bond acceptors (Lipinski definition) is 5. The van der Waals surface area contributed by atoms with E-state index in [-0.39, 0.29) is 10.9 Å². The molecule has 3 rings (SSSR count). The third kappa shape index (κ3) is 3.67. The van der Waals surface area contributed by atoms with Gasteiger partial charge in [0.1, 0.15) is 5.75 Å². The number of alkyl halides is 3. The van der Waals surface area contributed by atoms with Crippen molar-refractivity contribution in [1.82, 2.24) is 4.98 Å². The average Bonchev–Trinajstić information content (AvgIpc) is 2.82. The predicted octanol–water partition coefficient (Wildman–Crippen LogP) is 3.10. The van der Waals surface area contributed by atoms with Crippen molar-refractivity contribution in [3.05, 3.63) is 40.9 Å². The number of hydrogen-bond donors (Lipinski definition) is 1. The third-order valence-electron chi connectivity index (χ3n) is 3.05. The van der Waals surface area contributed by atoms with E-state index < -0.39 is 18.7 Å². The Labute approximate surface area is 138 Å². The highest BCUT2D eigenvalue weighted by atomic mass is 32.2. The Morgan fingerprint density at radius 2 is 2.08 bits per heavy atom. The Bertz CT molecular complexity index is 878. The minimum Gasteiger partial charge on any atom is -0.483 e. The molecule has 24 heavy (non-hydrogen) atoms. The number of aromatic nitrogens is 1. The second-order valence-electron chi connectivity index (χ2n) is 4.86. The highest BCUT2D eigenvalue weighted by Crippen LogP contribution is 2.30. The lowest BCUT2D eigenvalue weighted by molar-refractivity contribution is -0.153. The van der Waals surface area contributed by atoms with Crippen LogP contribution in [0.5, 0.6) is 5.75 Å². The highest BCUT2D eigenvalue weighted by Gasteiger charge is 2.28. The van der Waals surface area contributed by atoms with Crippen LogP contribution in [0, 0.1) is 0 Å². The average molecular weight is 353 g/mol. The van der Waals surface area contributed by atoms with E-state index in [9.17, 15) is 18.0 Å². The van der Waals surface area contributed by atoms with Gasteiger partial charge in [0.15, 0.2) is 11.8 Å². The van der Waals surface area contributed by atoms with Crippen molar-refractivity contribution < 1.29 is 22.7 Å². The fourth-order valence-electron chi connectivity index (χ4n) is 2.09. The van der Waals surface area contributed by atoms with E-state index in [1.54, 1.807) is 24.3 Å². The Balaban J connectivity index is 1.95. The van der Waals surface area contributed by atoms with Crippen LogP contribution in [-0.4, -0.2) is 28.8 Å². The number of halogens is 3. The van der Waals surface area contributed by atoms with Crippen molar-refractivity contribution in [2.24, 2.45) is 10.7 Å². The van der Waals surface area contributed by atoms with Gasteiger partial charge in [0.25, 0.3) is 5.91 Å². The molecular formula is C15H10F3N3O2S. The van der Waals surface area contributed by atoms with Crippen LogP contribution in [0.25, 0.3) is 17.0 Å². The lowest BCUT2D eigenvalue weighted by Gasteiger charge is -2.11. The molecule has 1 aromatic carbocycles. The van der Waals surface area contributed by atoms with Gasteiger partial charge in [0, 0.05) is 11.6 Å². The van der Waals surface area contributed by atoms with Crippen molar-refractivity contribution in [2.75, 3.05) is 6.61 Å². The number of fused-ring (bicyclic) bond motifs is 1. The zero-order valence-electron chi connectivity index (χ0n) is 12.0. The van der Waals surface area contributed by atoms with E-state index >= 15 is 0 Å². The summed E-state index contributed by atoms with van der Waals surface area (Å²) in [7, 11) is 0. The van der Waals surface area contributed by atoms with E-state index in [0.29, 0.717) is 21.4 Å². The van der Waals surface area contributed by atoms with E-state index in [0.717, 1.165) is 11.8 Å². The number of carbonyl (C=O) groups excluding carboxylic acids is 1. The molecule has 2 heterocycles. The summed E-state index contributed by atoms with van der Waals surface area (Å²) in [4.78, 5) is 19.6. The Kier molecular flexibility index (Phi) is 4.18. The lowest BCUT2D eigenvalue weighted by atomic mass is 10.1. The van der Waals surface area contributed by atoms with E-state index in [2.05, 4.69) is 9.98 Å². The molecule has 2 aromatic rings. The summed E-state index contributed by atoms with van der Waals surface area (Å²) >= 11 is 1.04. The summed E-state index contributed by atoms with van der Waals surface area (Å²) < 4.78 is 41.9. The minimum atomic E-state index is -4.43. The number of carbonyl (C=O) groups is 1. The molecule has 1 aliphatic heterocycles. The number of amides is 1. The van der Waals surface area contributed by atoms with Crippen LogP contribution in [-0.2, 0) is 4.79 Å². The number of amidine groups is 1. The predicted molar refractivity (Wildman–Crippen MR) is 85.5 cm³/mol. The molecule has 1 amide bonds. The highest BCUT2D eigenvalue weighted by molar-refractivity contribution is 8.18. The summed E-state index contributed by atoms with van der Waals surface area (Å²) in [6.07, 6.45) is -1.50. The van der Waals surface area contributed by atoms with Crippen molar-refractivity contribution in [2.45, 2.75) is 6.18 Å². The fraction of sp³-hybridized carbons (Fsp3) is 0.133. The van der Waals surface area contributed by atoms with Gasteiger partial charge in [0.2, 0.25) is 0 Å². The Morgan fingerprint density at radius 3 is 2.75 bits per heavy atom. The van der Waals surface area contributed by atoms with E-state index in [1.807, 2.05) is 0 Å². The molecule has 1 aliphatic rings. The van der Waals surface area contributed by atoms with Gasteiger partial charge in [0.05, 0.1) is 10.4 Å². The minimum absolute atomic E-state index is 0.0683. The molecule has 1 aromatic heterocycles. The number of pyridine rings is 1. The summed E-state index contributed by atoms with van der Waals surface area (Å²) in [5.74, 6) is -0.379. The molecule has 0 fully saturated rings. The molecule has 9 heteroatoms. The maximum absolute atomic E-state index is 12.4. The maximum Gasteiger partial charge on any atom is 0.422 e. The second-order valence-corrected chi connectivity index (χ2v) is 5.92. The summed E-state index contributed by atoms with van der Waals surface area (Å²) in [5.41, 5.74) is 6.57. The van der Waals surface area contributed by atoms with E-state index in [1.165, 1.54) is 12.3 Å². The van der Waals surface area contributed by atoms with Crippen LogP contribution in [0.3, 0.4) is 0 Å². The van der Waals surface area contributed by atoms with Gasteiger partial charge in [-0.1, -0.05) is 6.07 Å². The van der Waals surface area contributed by atoms with Crippen molar-refractivity contribution >= 4 is 39.8 Å². The van der Waals surface area contributed by atoms with Crippen LogP contribution >= 0.6 is 11.8 Å². The zero-order valence-corrected chi connectivity index (χ0v) is 12.8. The molecule has 124 valence electrons. The second kappa shape index (κ2) is 6.16. The van der Waals surface area contributed by atoms with Crippen LogP contribution in [0.2, 0.25) is 0 Å².